The van der Waals surface area contributed by atoms with Gasteiger partial charge >= 0.3 is 0 Å². The molecule has 1 heteroatoms. The van der Waals surface area contributed by atoms with Crippen molar-refractivity contribution in [2.24, 2.45) is 0 Å². The molecule has 1 aliphatic rings. The molecule has 0 aromatic carbocycles. The third kappa shape index (κ3) is 2.03. The van der Waals surface area contributed by atoms with E-state index in [0.29, 0.717) is 0 Å². The number of allylic oxidation sites excluding steroid dienone is 4. The zero-order valence-corrected chi connectivity index (χ0v) is 5.40. The molecule has 1 aliphatic heterocycles. The van der Waals surface area contributed by atoms with Crippen molar-refractivity contribution < 1.29 is 0 Å². The quantitative estimate of drug-likeness (QED) is 0.477. The van der Waals surface area contributed by atoms with Crippen LogP contribution in [0, 0.1) is 0 Å². The first-order valence-corrected chi connectivity index (χ1v) is 3.65. The lowest BCUT2D eigenvalue weighted by Gasteiger charge is -1.86. The summed E-state index contributed by atoms with van der Waals surface area (Å²) in [6.07, 6.45) is 10.3. The fourth-order valence-corrected chi connectivity index (χ4v) is 1.01. The lowest BCUT2D eigenvalue weighted by atomic mass is 10.4. The molecule has 0 radical (unpaired) electrons. The van der Waals surface area contributed by atoms with Crippen LogP contribution in [-0.4, -0.2) is 5.75 Å². The van der Waals surface area contributed by atoms with Gasteiger partial charge in [0.05, 0.1) is 0 Å². The highest BCUT2D eigenvalue weighted by Crippen LogP contribution is 2.03. The lowest BCUT2D eigenvalue weighted by molar-refractivity contribution is 1.74. The van der Waals surface area contributed by atoms with Crippen LogP contribution in [0.25, 0.3) is 0 Å². The van der Waals surface area contributed by atoms with Gasteiger partial charge in [0, 0.05) is 5.75 Å². The van der Waals surface area contributed by atoms with Crippen LogP contribution in [0.3, 0.4) is 0 Å². The molecule has 0 aromatic heterocycles. The van der Waals surface area contributed by atoms with E-state index < -0.39 is 0 Å². The third-order valence-corrected chi connectivity index (χ3v) is 1.57. The maximum Gasteiger partial charge on any atom is 0.0157 e. The lowest BCUT2D eigenvalue weighted by Crippen LogP contribution is -1.65. The minimum atomic E-state index is 1.10. The van der Waals surface area contributed by atoms with Crippen molar-refractivity contribution in [3.63, 3.8) is 0 Å². The van der Waals surface area contributed by atoms with Gasteiger partial charge in [-0.25, -0.2) is 0 Å². The zero-order valence-electron chi connectivity index (χ0n) is 4.58. The second-order valence-electron chi connectivity index (χ2n) is 1.47. The Morgan fingerprint density at radius 3 is 2.88 bits per heavy atom. The van der Waals surface area contributed by atoms with Crippen molar-refractivity contribution >= 4 is 11.8 Å². The van der Waals surface area contributed by atoms with E-state index in [4.69, 9.17) is 0 Å². The Labute approximate surface area is 54.0 Å². The minimum absolute atomic E-state index is 1.10. The maximum atomic E-state index is 2.14. The normalized spacial score (nSPS) is 18.0. The van der Waals surface area contributed by atoms with E-state index in [1.165, 1.54) is 0 Å². The standard InChI is InChI=1S/C7H8S/c1-2-4-6-8-7-5-3-1/h1-6H,7H2. The first kappa shape index (κ1) is 5.70. The molecule has 0 spiro atoms. The van der Waals surface area contributed by atoms with E-state index in [1.54, 1.807) is 0 Å². The molecule has 1 rings (SSSR count). The van der Waals surface area contributed by atoms with Gasteiger partial charge in [0.2, 0.25) is 0 Å². The number of hydrogen-bond donors (Lipinski definition) is 0. The molecule has 0 fully saturated rings. The van der Waals surface area contributed by atoms with E-state index in [2.05, 4.69) is 17.6 Å². The van der Waals surface area contributed by atoms with Crippen LogP contribution in [0.5, 0.6) is 0 Å². The molecule has 0 aromatic rings. The summed E-state index contributed by atoms with van der Waals surface area (Å²) in [5, 5.41) is 2.10. The van der Waals surface area contributed by atoms with Gasteiger partial charge in [0.25, 0.3) is 0 Å². The average Bonchev–Trinajstić information content (AvgIpc) is 1.62. The van der Waals surface area contributed by atoms with Crippen molar-refractivity contribution in [3.05, 3.63) is 35.8 Å². The van der Waals surface area contributed by atoms with Crippen molar-refractivity contribution in [1.82, 2.24) is 0 Å². The molecule has 0 saturated heterocycles. The summed E-state index contributed by atoms with van der Waals surface area (Å²) in [7, 11) is 0. The highest BCUT2D eigenvalue weighted by atomic mass is 32.2. The molecule has 0 unspecified atom stereocenters. The maximum absolute atomic E-state index is 2.14. The monoisotopic (exact) mass is 124 g/mol. The Hall–Kier alpha value is -0.430. The summed E-state index contributed by atoms with van der Waals surface area (Å²) in [5.41, 5.74) is 0. The van der Waals surface area contributed by atoms with Gasteiger partial charge in [0.15, 0.2) is 0 Å². The molecule has 0 bridgehead atoms. The summed E-state index contributed by atoms with van der Waals surface area (Å²) >= 11 is 1.81. The van der Waals surface area contributed by atoms with Crippen LogP contribution >= 0.6 is 11.8 Å². The Morgan fingerprint density at radius 2 is 1.88 bits per heavy atom. The Balaban J connectivity index is 2.51. The van der Waals surface area contributed by atoms with Crippen LogP contribution in [0.15, 0.2) is 35.8 Å². The Morgan fingerprint density at radius 1 is 1.00 bits per heavy atom. The first-order valence-electron chi connectivity index (χ1n) is 2.60. The Bertz CT molecular complexity index is 115. The van der Waals surface area contributed by atoms with Gasteiger partial charge in [-0.15, -0.1) is 11.8 Å². The highest BCUT2D eigenvalue weighted by Gasteiger charge is 1.75. The predicted octanol–water partition coefficient (Wildman–Crippen LogP) is 2.36. The summed E-state index contributed by atoms with van der Waals surface area (Å²) in [5.74, 6) is 1.10. The van der Waals surface area contributed by atoms with Gasteiger partial charge in [-0.05, 0) is 5.41 Å². The van der Waals surface area contributed by atoms with E-state index in [0.717, 1.165) is 5.75 Å². The molecule has 0 N–H and O–H groups in total. The first-order chi connectivity index (χ1) is 4.00. The summed E-state index contributed by atoms with van der Waals surface area (Å²) in [6, 6.07) is 0. The summed E-state index contributed by atoms with van der Waals surface area (Å²) in [4.78, 5) is 0. The number of thioether (sulfide) groups is 1. The van der Waals surface area contributed by atoms with Gasteiger partial charge in [-0.2, -0.15) is 0 Å². The smallest absolute Gasteiger partial charge is 0.0157 e. The van der Waals surface area contributed by atoms with Crippen LogP contribution in [0.1, 0.15) is 0 Å². The van der Waals surface area contributed by atoms with Crippen molar-refractivity contribution in [2.75, 3.05) is 5.75 Å². The second-order valence-corrected chi connectivity index (χ2v) is 2.41. The fraction of sp³-hybridized carbons (Fsp3) is 0.143. The van der Waals surface area contributed by atoms with Gasteiger partial charge in [-0.3, -0.25) is 0 Å². The molecule has 8 heavy (non-hydrogen) atoms. The van der Waals surface area contributed by atoms with Crippen LogP contribution in [-0.2, 0) is 0 Å². The molecule has 42 valence electrons. The molecule has 0 saturated carbocycles. The van der Waals surface area contributed by atoms with Gasteiger partial charge < -0.3 is 0 Å². The minimum Gasteiger partial charge on any atom is -0.130 e. The molecule has 0 atom stereocenters. The highest BCUT2D eigenvalue weighted by molar-refractivity contribution is 8.02. The van der Waals surface area contributed by atoms with Crippen LogP contribution in [0.4, 0.5) is 0 Å². The van der Waals surface area contributed by atoms with Crippen LogP contribution in [0.2, 0.25) is 0 Å². The van der Waals surface area contributed by atoms with Crippen molar-refractivity contribution in [1.29, 1.82) is 0 Å². The Kier molecular flexibility index (Phi) is 2.54. The number of rotatable bonds is 0. The fourth-order valence-electron chi connectivity index (χ4n) is 0.474. The van der Waals surface area contributed by atoms with E-state index in [1.807, 2.05) is 30.0 Å². The zero-order chi connectivity index (χ0) is 5.66. The number of hydrogen-bond acceptors (Lipinski definition) is 1. The SMILES string of the molecule is C1=CC=CSCC=C1. The topological polar surface area (TPSA) is 0 Å². The largest absolute Gasteiger partial charge is 0.130 e. The van der Waals surface area contributed by atoms with Gasteiger partial charge in [0.1, 0.15) is 0 Å². The van der Waals surface area contributed by atoms with E-state index >= 15 is 0 Å². The van der Waals surface area contributed by atoms with Crippen molar-refractivity contribution in [3.8, 4) is 0 Å². The van der Waals surface area contributed by atoms with E-state index in [-0.39, 0.29) is 0 Å². The van der Waals surface area contributed by atoms with Crippen LogP contribution < -0.4 is 0 Å². The second kappa shape index (κ2) is 3.56. The summed E-state index contributed by atoms with van der Waals surface area (Å²) in [6.45, 7) is 0. The molecule has 0 amide bonds. The molecular formula is C7H8S. The van der Waals surface area contributed by atoms with Gasteiger partial charge in [-0.1, -0.05) is 30.4 Å². The molecular weight excluding hydrogens is 116 g/mol. The predicted molar refractivity (Wildman–Crippen MR) is 39.9 cm³/mol. The summed E-state index contributed by atoms with van der Waals surface area (Å²) < 4.78 is 0. The molecule has 1 heterocycles. The average molecular weight is 124 g/mol. The third-order valence-electron chi connectivity index (χ3n) is 0.837. The van der Waals surface area contributed by atoms with Crippen molar-refractivity contribution in [2.45, 2.75) is 0 Å². The molecule has 0 aliphatic carbocycles. The van der Waals surface area contributed by atoms with E-state index in [9.17, 15) is 0 Å². The molecule has 0 nitrogen and oxygen atoms in total.